The van der Waals surface area contributed by atoms with Crippen LogP contribution in [0.3, 0.4) is 0 Å². The summed E-state index contributed by atoms with van der Waals surface area (Å²) in [6.07, 6.45) is 4.43. The van der Waals surface area contributed by atoms with Crippen molar-refractivity contribution in [2.45, 2.75) is 51.5 Å². The molecular weight excluding hydrogens is 234 g/mol. The van der Waals surface area contributed by atoms with Crippen LogP contribution in [0.1, 0.15) is 45.4 Å². The van der Waals surface area contributed by atoms with Gasteiger partial charge in [-0.2, -0.15) is 0 Å². The number of carboxylic acid groups (broad SMARTS) is 1. The van der Waals surface area contributed by atoms with E-state index in [1.807, 2.05) is 6.92 Å². The van der Waals surface area contributed by atoms with Gasteiger partial charge in [0.05, 0.1) is 0 Å². The number of aliphatic carboxylic acids is 1. The van der Waals surface area contributed by atoms with E-state index in [0.717, 1.165) is 38.9 Å². The fourth-order valence-corrected chi connectivity index (χ4v) is 2.08. The van der Waals surface area contributed by atoms with E-state index in [1.165, 1.54) is 0 Å². The van der Waals surface area contributed by atoms with E-state index in [1.54, 1.807) is 0 Å². The summed E-state index contributed by atoms with van der Waals surface area (Å²) in [5, 5.41) is 11.6. The lowest BCUT2D eigenvalue weighted by Gasteiger charge is -2.14. The van der Waals surface area contributed by atoms with Crippen molar-refractivity contribution in [3.63, 3.8) is 0 Å². The SMILES string of the molecule is CCCC[C@H](NC(=O)CCC1CCOC1)C(=O)O. The van der Waals surface area contributed by atoms with Gasteiger partial charge in [-0.15, -0.1) is 0 Å². The Balaban J connectivity index is 2.24. The highest BCUT2D eigenvalue weighted by molar-refractivity contribution is 5.83. The molecule has 1 amide bonds. The summed E-state index contributed by atoms with van der Waals surface area (Å²) in [6, 6.07) is -0.739. The van der Waals surface area contributed by atoms with Gasteiger partial charge in [-0.25, -0.2) is 4.79 Å². The van der Waals surface area contributed by atoms with Crippen LogP contribution in [0.2, 0.25) is 0 Å². The summed E-state index contributed by atoms with van der Waals surface area (Å²) < 4.78 is 5.24. The molecule has 5 heteroatoms. The van der Waals surface area contributed by atoms with Gasteiger partial charge in [0.15, 0.2) is 0 Å². The summed E-state index contributed by atoms with van der Waals surface area (Å²) in [5.41, 5.74) is 0. The maximum atomic E-state index is 11.7. The number of carbonyl (C=O) groups excluding carboxylic acids is 1. The van der Waals surface area contributed by atoms with Crippen LogP contribution in [0.15, 0.2) is 0 Å². The van der Waals surface area contributed by atoms with Crippen LogP contribution in [-0.2, 0) is 14.3 Å². The molecule has 2 atom stereocenters. The van der Waals surface area contributed by atoms with Gasteiger partial charge in [0, 0.05) is 19.6 Å². The molecule has 18 heavy (non-hydrogen) atoms. The number of carboxylic acids is 1. The van der Waals surface area contributed by atoms with Crippen molar-refractivity contribution in [3.05, 3.63) is 0 Å². The first kappa shape index (κ1) is 15.0. The summed E-state index contributed by atoms with van der Waals surface area (Å²) in [4.78, 5) is 22.6. The topological polar surface area (TPSA) is 75.6 Å². The first-order valence-electron chi connectivity index (χ1n) is 6.73. The molecule has 1 rings (SSSR count). The quantitative estimate of drug-likeness (QED) is 0.692. The third-order valence-electron chi connectivity index (χ3n) is 3.28. The minimum atomic E-state index is -0.944. The Morgan fingerprint density at radius 3 is 2.83 bits per heavy atom. The Kier molecular flexibility index (Phi) is 6.72. The first-order valence-corrected chi connectivity index (χ1v) is 6.73. The molecule has 0 radical (unpaired) electrons. The van der Waals surface area contributed by atoms with Gasteiger partial charge in [-0.1, -0.05) is 19.8 Å². The standard InChI is InChI=1S/C13H23NO4/c1-2-3-4-11(13(16)17)14-12(15)6-5-10-7-8-18-9-10/h10-11H,2-9H2,1H3,(H,14,15)(H,16,17)/t10?,11-/m0/s1. The van der Waals surface area contributed by atoms with Crippen LogP contribution >= 0.6 is 0 Å². The van der Waals surface area contributed by atoms with Gasteiger partial charge in [0.1, 0.15) is 6.04 Å². The van der Waals surface area contributed by atoms with Crippen molar-refractivity contribution in [2.75, 3.05) is 13.2 Å². The Hall–Kier alpha value is -1.10. The number of rotatable bonds is 8. The molecule has 104 valence electrons. The number of hydrogen-bond donors (Lipinski definition) is 2. The molecule has 0 aromatic carbocycles. The van der Waals surface area contributed by atoms with Crippen molar-refractivity contribution in [2.24, 2.45) is 5.92 Å². The van der Waals surface area contributed by atoms with Crippen molar-refractivity contribution < 1.29 is 19.4 Å². The van der Waals surface area contributed by atoms with Crippen LogP contribution in [0.5, 0.6) is 0 Å². The second kappa shape index (κ2) is 8.08. The number of carbonyl (C=O) groups is 2. The molecule has 1 fully saturated rings. The highest BCUT2D eigenvalue weighted by Gasteiger charge is 2.21. The van der Waals surface area contributed by atoms with Crippen LogP contribution in [0.25, 0.3) is 0 Å². The van der Waals surface area contributed by atoms with Crippen LogP contribution < -0.4 is 5.32 Å². The van der Waals surface area contributed by atoms with Gasteiger partial charge in [0.2, 0.25) is 5.91 Å². The summed E-state index contributed by atoms with van der Waals surface area (Å²) in [5.74, 6) is -0.652. The van der Waals surface area contributed by atoms with E-state index in [4.69, 9.17) is 9.84 Å². The van der Waals surface area contributed by atoms with Crippen LogP contribution in [0.4, 0.5) is 0 Å². The fourth-order valence-electron chi connectivity index (χ4n) is 2.08. The highest BCUT2D eigenvalue weighted by atomic mass is 16.5. The molecule has 0 aromatic rings. The second-order valence-corrected chi connectivity index (χ2v) is 4.87. The Morgan fingerprint density at radius 2 is 2.28 bits per heavy atom. The molecule has 0 spiro atoms. The third kappa shape index (κ3) is 5.49. The second-order valence-electron chi connectivity index (χ2n) is 4.87. The largest absolute Gasteiger partial charge is 0.480 e. The number of ether oxygens (including phenoxy) is 1. The molecule has 0 aromatic heterocycles. The van der Waals surface area contributed by atoms with Gasteiger partial charge in [-0.3, -0.25) is 4.79 Å². The highest BCUT2D eigenvalue weighted by Crippen LogP contribution is 2.17. The average molecular weight is 257 g/mol. The molecule has 1 aliphatic heterocycles. The molecule has 1 heterocycles. The summed E-state index contributed by atoms with van der Waals surface area (Å²) in [7, 11) is 0. The zero-order chi connectivity index (χ0) is 13.4. The number of unbranched alkanes of at least 4 members (excludes halogenated alkanes) is 1. The van der Waals surface area contributed by atoms with Crippen molar-refractivity contribution in [1.29, 1.82) is 0 Å². The van der Waals surface area contributed by atoms with Crippen molar-refractivity contribution >= 4 is 11.9 Å². The first-order chi connectivity index (χ1) is 8.63. The molecule has 1 saturated heterocycles. The van der Waals surface area contributed by atoms with Gasteiger partial charge >= 0.3 is 5.97 Å². The average Bonchev–Trinajstić information content (AvgIpc) is 2.84. The lowest BCUT2D eigenvalue weighted by atomic mass is 10.0. The lowest BCUT2D eigenvalue weighted by molar-refractivity contribution is -0.142. The Bertz CT molecular complexity index is 274. The zero-order valence-electron chi connectivity index (χ0n) is 11.0. The third-order valence-corrected chi connectivity index (χ3v) is 3.28. The molecule has 1 unspecified atom stereocenters. The predicted octanol–water partition coefficient (Wildman–Crippen LogP) is 1.56. The molecule has 0 aliphatic carbocycles. The molecule has 0 saturated carbocycles. The normalized spacial score (nSPS) is 20.6. The summed E-state index contributed by atoms with van der Waals surface area (Å²) >= 11 is 0. The number of nitrogens with one attached hydrogen (secondary N) is 1. The van der Waals surface area contributed by atoms with E-state index < -0.39 is 12.0 Å². The monoisotopic (exact) mass is 257 g/mol. The van der Waals surface area contributed by atoms with Gasteiger partial charge < -0.3 is 15.2 Å². The van der Waals surface area contributed by atoms with E-state index in [9.17, 15) is 9.59 Å². The maximum absolute atomic E-state index is 11.7. The predicted molar refractivity (Wildman–Crippen MR) is 67.3 cm³/mol. The zero-order valence-corrected chi connectivity index (χ0v) is 11.0. The van der Waals surface area contributed by atoms with Gasteiger partial charge in [-0.05, 0) is 25.2 Å². The summed E-state index contributed by atoms with van der Waals surface area (Å²) in [6.45, 7) is 3.51. The van der Waals surface area contributed by atoms with E-state index in [0.29, 0.717) is 18.8 Å². The van der Waals surface area contributed by atoms with Crippen LogP contribution in [0, 0.1) is 5.92 Å². The molecule has 5 nitrogen and oxygen atoms in total. The van der Waals surface area contributed by atoms with Crippen molar-refractivity contribution in [3.8, 4) is 0 Å². The maximum Gasteiger partial charge on any atom is 0.326 e. The minimum Gasteiger partial charge on any atom is -0.480 e. The number of hydrogen-bond acceptors (Lipinski definition) is 3. The van der Waals surface area contributed by atoms with E-state index >= 15 is 0 Å². The lowest BCUT2D eigenvalue weighted by Crippen LogP contribution is -2.40. The van der Waals surface area contributed by atoms with Crippen LogP contribution in [-0.4, -0.2) is 36.2 Å². The Morgan fingerprint density at radius 1 is 1.50 bits per heavy atom. The molecule has 0 bridgehead atoms. The Labute approximate surface area is 108 Å². The minimum absolute atomic E-state index is 0.162. The molecule has 1 aliphatic rings. The number of amides is 1. The van der Waals surface area contributed by atoms with E-state index in [2.05, 4.69) is 5.32 Å². The molecule has 2 N–H and O–H groups in total. The smallest absolute Gasteiger partial charge is 0.326 e. The fraction of sp³-hybridized carbons (Fsp3) is 0.846. The van der Waals surface area contributed by atoms with Crippen molar-refractivity contribution in [1.82, 2.24) is 5.32 Å². The van der Waals surface area contributed by atoms with Gasteiger partial charge in [0.25, 0.3) is 0 Å². The van der Waals surface area contributed by atoms with E-state index in [-0.39, 0.29) is 5.91 Å². The molecular formula is C13H23NO4.